The van der Waals surface area contributed by atoms with Gasteiger partial charge in [0.15, 0.2) is 0 Å². The van der Waals surface area contributed by atoms with Crippen molar-refractivity contribution in [3.63, 3.8) is 0 Å². The monoisotopic (exact) mass is 275 g/mol. The van der Waals surface area contributed by atoms with Crippen LogP contribution in [0.3, 0.4) is 0 Å². The molecule has 1 aromatic rings. The molecule has 0 bridgehead atoms. The highest BCUT2D eigenvalue weighted by atomic mass is 16.5. The van der Waals surface area contributed by atoms with Crippen molar-refractivity contribution in [2.24, 2.45) is 5.92 Å². The number of pyridine rings is 1. The van der Waals surface area contributed by atoms with E-state index < -0.39 is 0 Å². The van der Waals surface area contributed by atoms with Crippen molar-refractivity contribution in [2.45, 2.75) is 78.9 Å². The van der Waals surface area contributed by atoms with Gasteiger partial charge in [-0.15, -0.1) is 0 Å². The molecule has 0 saturated carbocycles. The quantitative estimate of drug-likeness (QED) is 0.747. The molecule has 0 aliphatic carbocycles. The average molecular weight is 275 g/mol. The van der Waals surface area contributed by atoms with Crippen molar-refractivity contribution in [2.75, 3.05) is 0 Å². The molecular weight excluding hydrogens is 246 g/mol. The lowest BCUT2D eigenvalue weighted by molar-refractivity contribution is 0.00418. The van der Waals surface area contributed by atoms with Crippen molar-refractivity contribution in [3.8, 4) is 0 Å². The number of rotatable bonds is 2. The lowest BCUT2D eigenvalue weighted by Crippen LogP contribution is -2.16. The van der Waals surface area contributed by atoms with E-state index in [1.165, 1.54) is 16.7 Å². The van der Waals surface area contributed by atoms with Gasteiger partial charge < -0.3 is 4.74 Å². The van der Waals surface area contributed by atoms with Crippen molar-refractivity contribution in [1.29, 1.82) is 0 Å². The number of hydrogen-bond acceptors (Lipinski definition) is 2. The van der Waals surface area contributed by atoms with E-state index in [1.54, 1.807) is 0 Å². The van der Waals surface area contributed by atoms with Crippen LogP contribution in [0.5, 0.6) is 0 Å². The zero-order chi connectivity index (χ0) is 15.0. The molecule has 0 radical (unpaired) electrons. The van der Waals surface area contributed by atoms with Crippen LogP contribution in [-0.2, 0) is 4.74 Å². The third kappa shape index (κ3) is 2.76. The third-order valence-electron chi connectivity index (χ3n) is 4.61. The number of ether oxygens (including phenoxy) is 1. The Bertz CT molecular complexity index is 479. The molecule has 0 aromatic carbocycles. The van der Waals surface area contributed by atoms with Crippen LogP contribution in [0.1, 0.15) is 88.3 Å². The zero-order valence-electron chi connectivity index (χ0n) is 14.0. The van der Waals surface area contributed by atoms with Gasteiger partial charge in [0.25, 0.3) is 0 Å². The Morgan fingerprint density at radius 2 is 1.80 bits per heavy atom. The van der Waals surface area contributed by atoms with E-state index >= 15 is 0 Å². The highest BCUT2D eigenvalue weighted by Gasteiger charge is 2.32. The summed E-state index contributed by atoms with van der Waals surface area (Å²) >= 11 is 0. The van der Waals surface area contributed by atoms with Gasteiger partial charge in [-0.1, -0.05) is 27.7 Å². The lowest BCUT2D eigenvalue weighted by atomic mass is 9.77. The van der Waals surface area contributed by atoms with E-state index in [0.29, 0.717) is 23.9 Å². The smallest absolute Gasteiger partial charge is 0.0820 e. The van der Waals surface area contributed by atoms with Crippen molar-refractivity contribution in [3.05, 3.63) is 28.6 Å². The van der Waals surface area contributed by atoms with Gasteiger partial charge >= 0.3 is 0 Å². The number of nitrogens with zero attached hydrogens (tertiary/aromatic N) is 1. The molecule has 0 spiro atoms. The van der Waals surface area contributed by atoms with Crippen molar-refractivity contribution in [1.82, 2.24) is 4.98 Å². The van der Waals surface area contributed by atoms with E-state index in [0.717, 1.165) is 12.1 Å². The molecule has 1 unspecified atom stereocenters. The van der Waals surface area contributed by atoms with Gasteiger partial charge in [-0.2, -0.15) is 0 Å². The Labute approximate surface area is 124 Å². The minimum absolute atomic E-state index is 0.148. The largest absolute Gasteiger partial charge is 0.371 e. The minimum atomic E-state index is 0.148. The van der Waals surface area contributed by atoms with E-state index in [9.17, 15) is 0 Å². The molecule has 0 fully saturated rings. The minimum Gasteiger partial charge on any atom is -0.371 e. The molecule has 20 heavy (non-hydrogen) atoms. The fourth-order valence-electron chi connectivity index (χ4n) is 3.60. The number of aromatic nitrogens is 1. The van der Waals surface area contributed by atoms with E-state index in [1.807, 2.05) is 0 Å². The second-order valence-electron chi connectivity index (χ2n) is 6.96. The van der Waals surface area contributed by atoms with Crippen LogP contribution in [0, 0.1) is 12.8 Å². The van der Waals surface area contributed by atoms with E-state index in [-0.39, 0.29) is 6.10 Å². The molecule has 2 rings (SSSR count). The second-order valence-corrected chi connectivity index (χ2v) is 6.96. The van der Waals surface area contributed by atoms with Crippen LogP contribution in [0.15, 0.2) is 6.20 Å². The van der Waals surface area contributed by atoms with Crippen LogP contribution in [0.25, 0.3) is 0 Å². The maximum absolute atomic E-state index is 6.19. The summed E-state index contributed by atoms with van der Waals surface area (Å²) in [5.74, 6) is 1.71. The number of fused-ring (bicyclic) bond motifs is 1. The Morgan fingerprint density at radius 1 is 1.15 bits per heavy atom. The Balaban J connectivity index is 2.69. The predicted molar refractivity (Wildman–Crippen MR) is 84.2 cm³/mol. The van der Waals surface area contributed by atoms with E-state index in [4.69, 9.17) is 4.74 Å². The maximum Gasteiger partial charge on any atom is 0.0820 e. The van der Waals surface area contributed by atoms with E-state index in [2.05, 4.69) is 59.6 Å². The molecular formula is C18H29NO. The van der Waals surface area contributed by atoms with Crippen LogP contribution in [0.4, 0.5) is 0 Å². The van der Waals surface area contributed by atoms with Crippen molar-refractivity contribution >= 4 is 0 Å². The molecule has 2 heteroatoms. The van der Waals surface area contributed by atoms with Crippen LogP contribution < -0.4 is 0 Å². The summed E-state index contributed by atoms with van der Waals surface area (Å²) in [6.07, 6.45) is 3.66. The highest BCUT2D eigenvalue weighted by molar-refractivity contribution is 5.43. The zero-order valence-corrected chi connectivity index (χ0v) is 14.0. The molecule has 0 N–H and O–H groups in total. The molecule has 1 aliphatic rings. The topological polar surface area (TPSA) is 22.1 Å². The lowest BCUT2D eigenvalue weighted by Gasteiger charge is -2.27. The number of aryl methyl sites for hydroxylation is 1. The van der Waals surface area contributed by atoms with Gasteiger partial charge in [0.1, 0.15) is 0 Å². The molecule has 1 aliphatic heterocycles. The first-order valence-electron chi connectivity index (χ1n) is 7.97. The summed E-state index contributed by atoms with van der Waals surface area (Å²) in [5, 5.41) is 0. The summed E-state index contributed by atoms with van der Waals surface area (Å²) in [4.78, 5) is 4.64. The summed E-state index contributed by atoms with van der Waals surface area (Å²) in [6.45, 7) is 15.7. The van der Waals surface area contributed by atoms with Gasteiger partial charge in [0, 0.05) is 17.5 Å². The highest BCUT2D eigenvalue weighted by Crippen LogP contribution is 2.43. The van der Waals surface area contributed by atoms with Gasteiger partial charge in [-0.3, -0.25) is 4.98 Å². The normalized spacial score (nSPS) is 26.8. The summed E-state index contributed by atoms with van der Waals surface area (Å²) in [7, 11) is 0. The third-order valence-corrected chi connectivity index (χ3v) is 4.61. The molecule has 2 nitrogen and oxygen atoms in total. The molecule has 1 aromatic heterocycles. The van der Waals surface area contributed by atoms with Crippen molar-refractivity contribution < 1.29 is 4.74 Å². The summed E-state index contributed by atoms with van der Waals surface area (Å²) in [6, 6.07) is 0. The molecule has 3 atom stereocenters. The van der Waals surface area contributed by atoms with Gasteiger partial charge in [-0.05, 0) is 56.1 Å². The maximum atomic E-state index is 6.19. The fraction of sp³-hybridized carbons (Fsp3) is 0.722. The summed E-state index contributed by atoms with van der Waals surface area (Å²) in [5.41, 5.74) is 5.42. The molecule has 2 heterocycles. The Kier molecular flexibility index (Phi) is 4.53. The summed E-state index contributed by atoms with van der Waals surface area (Å²) < 4.78 is 6.19. The average Bonchev–Trinajstić information content (AvgIpc) is 2.46. The fourth-order valence-corrected chi connectivity index (χ4v) is 3.60. The standard InChI is InChI=1S/C18H29NO/c1-10(2)15-8-12(5)20-14(7)17-13(6)19-9-16(11(3)4)18(15)17/h9-12,14-15H,8H2,1-7H3/t12-,14+,15?/m1/s1. The first kappa shape index (κ1) is 15.5. The number of hydrogen-bond donors (Lipinski definition) is 0. The SMILES string of the molecule is Cc1ncc(C(C)C)c2c1[C@H](C)O[C@H](C)CC2C(C)C. The molecule has 0 saturated heterocycles. The Morgan fingerprint density at radius 3 is 2.35 bits per heavy atom. The first-order valence-corrected chi connectivity index (χ1v) is 7.97. The van der Waals surface area contributed by atoms with Crippen LogP contribution >= 0.6 is 0 Å². The Hall–Kier alpha value is -0.890. The van der Waals surface area contributed by atoms with Crippen LogP contribution in [0.2, 0.25) is 0 Å². The van der Waals surface area contributed by atoms with Gasteiger partial charge in [0.2, 0.25) is 0 Å². The predicted octanol–water partition coefficient (Wildman–Crippen LogP) is 5.12. The first-order chi connectivity index (χ1) is 9.32. The van der Waals surface area contributed by atoms with Gasteiger partial charge in [0.05, 0.1) is 12.2 Å². The molecule has 112 valence electrons. The second kappa shape index (κ2) is 5.85. The molecule has 0 amide bonds. The van der Waals surface area contributed by atoms with Gasteiger partial charge in [-0.25, -0.2) is 0 Å². The van der Waals surface area contributed by atoms with Crippen LogP contribution in [-0.4, -0.2) is 11.1 Å².